The molecule has 0 fully saturated rings. The van der Waals surface area contributed by atoms with Crippen LogP contribution in [0.1, 0.15) is 15.9 Å². The number of hydrogen-bond donors (Lipinski definition) is 1. The van der Waals surface area contributed by atoms with Crippen LogP contribution in [-0.4, -0.2) is 79.4 Å². The summed E-state index contributed by atoms with van der Waals surface area (Å²) in [5, 5.41) is 12.3. The molecular formula is C27H27F3N6O3. The van der Waals surface area contributed by atoms with E-state index < -0.39 is 24.9 Å². The smallest absolute Gasteiger partial charge is 0.406 e. The molecule has 2 aromatic carbocycles. The summed E-state index contributed by atoms with van der Waals surface area (Å²) >= 11 is 0. The van der Waals surface area contributed by atoms with Crippen molar-refractivity contribution in [2.24, 2.45) is 4.99 Å². The predicted molar refractivity (Wildman–Crippen MR) is 142 cm³/mol. The fourth-order valence-corrected chi connectivity index (χ4v) is 3.99. The molecule has 0 bridgehead atoms. The Balaban J connectivity index is 1.84. The molecule has 204 valence electrons. The SMILES string of the molecule is COc1ccc(N2C=c3cnc(N(C)CC(F)(F)F)nc3=C(c3ccc(C(=O)/N=C\N(C)C)cc3)C2O)cc1. The Kier molecular flexibility index (Phi) is 7.86. The third kappa shape index (κ3) is 6.34. The maximum absolute atomic E-state index is 13.0. The molecule has 1 N–H and O–H groups in total. The number of fused-ring (bicyclic) bond motifs is 1. The van der Waals surface area contributed by atoms with E-state index in [0.717, 1.165) is 4.90 Å². The van der Waals surface area contributed by atoms with Crippen LogP contribution in [0.4, 0.5) is 24.8 Å². The van der Waals surface area contributed by atoms with E-state index in [1.807, 2.05) is 0 Å². The molecule has 0 radical (unpaired) electrons. The number of aromatic nitrogens is 2. The van der Waals surface area contributed by atoms with Crippen LogP contribution in [0.15, 0.2) is 59.7 Å². The number of aliphatic hydroxyl groups is 1. The van der Waals surface area contributed by atoms with E-state index in [4.69, 9.17) is 4.74 Å². The van der Waals surface area contributed by atoms with Gasteiger partial charge in [0.25, 0.3) is 5.91 Å². The lowest BCUT2D eigenvalue weighted by atomic mass is 9.98. The topological polar surface area (TPSA) is 94.4 Å². The van der Waals surface area contributed by atoms with Crippen LogP contribution >= 0.6 is 0 Å². The Morgan fingerprint density at radius 1 is 1.13 bits per heavy atom. The van der Waals surface area contributed by atoms with Crippen LogP contribution in [0.5, 0.6) is 5.75 Å². The standard InChI is InChI=1S/C27H27F3N6O3/c1-34(2)16-32-24(37)18-7-5-17(6-8-18)22-23-19(13-31-26(33-23)35(3)15-27(28,29)30)14-36(25(22)38)20-9-11-21(39-4)12-10-20/h5-14,16,25,38H,15H2,1-4H3/b32-16-. The van der Waals surface area contributed by atoms with Gasteiger partial charge >= 0.3 is 6.18 Å². The van der Waals surface area contributed by atoms with Crippen molar-refractivity contribution < 1.29 is 27.8 Å². The number of alkyl halides is 3. The minimum absolute atomic E-state index is 0.146. The molecular weight excluding hydrogens is 513 g/mol. The molecule has 0 aliphatic carbocycles. The number of ether oxygens (including phenoxy) is 1. The first-order valence-corrected chi connectivity index (χ1v) is 11.8. The molecule has 2 heterocycles. The highest BCUT2D eigenvalue weighted by Gasteiger charge is 2.31. The Morgan fingerprint density at radius 3 is 2.38 bits per heavy atom. The predicted octanol–water partition coefficient (Wildman–Crippen LogP) is 1.99. The van der Waals surface area contributed by atoms with Crippen molar-refractivity contribution in [3.63, 3.8) is 0 Å². The maximum Gasteiger partial charge on any atom is 0.406 e. The van der Waals surface area contributed by atoms with Gasteiger partial charge in [-0.15, -0.1) is 0 Å². The van der Waals surface area contributed by atoms with Gasteiger partial charge in [0.1, 0.15) is 12.3 Å². The average Bonchev–Trinajstić information content (AvgIpc) is 2.90. The van der Waals surface area contributed by atoms with Gasteiger partial charge < -0.3 is 24.5 Å². The lowest BCUT2D eigenvalue weighted by molar-refractivity contribution is -0.119. The fourth-order valence-electron chi connectivity index (χ4n) is 3.99. The number of carbonyl (C=O) groups excluding carboxylic acids is 1. The van der Waals surface area contributed by atoms with E-state index in [1.54, 1.807) is 85.7 Å². The van der Waals surface area contributed by atoms with E-state index in [1.165, 1.54) is 19.6 Å². The summed E-state index contributed by atoms with van der Waals surface area (Å²) in [5.41, 5.74) is 1.82. The van der Waals surface area contributed by atoms with Gasteiger partial charge in [-0.25, -0.2) is 9.97 Å². The summed E-state index contributed by atoms with van der Waals surface area (Å²) in [4.78, 5) is 28.9. The molecule has 1 aliphatic heterocycles. The van der Waals surface area contributed by atoms with E-state index in [-0.39, 0.29) is 11.3 Å². The quantitative estimate of drug-likeness (QED) is 0.359. The zero-order valence-corrected chi connectivity index (χ0v) is 21.7. The van der Waals surface area contributed by atoms with Crippen molar-refractivity contribution in [2.75, 3.05) is 44.6 Å². The minimum atomic E-state index is -4.45. The minimum Gasteiger partial charge on any atom is -0.497 e. The summed E-state index contributed by atoms with van der Waals surface area (Å²) < 4.78 is 44.3. The summed E-state index contributed by atoms with van der Waals surface area (Å²) in [6.45, 7) is -1.24. The molecule has 1 atom stereocenters. The molecule has 12 heteroatoms. The van der Waals surface area contributed by atoms with Crippen molar-refractivity contribution in [1.82, 2.24) is 14.9 Å². The molecule has 1 amide bonds. The molecule has 1 aromatic heterocycles. The second kappa shape index (κ2) is 11.1. The van der Waals surface area contributed by atoms with E-state index in [0.29, 0.717) is 33.4 Å². The molecule has 9 nitrogen and oxygen atoms in total. The number of anilines is 2. The third-order valence-electron chi connectivity index (χ3n) is 5.84. The second-order valence-corrected chi connectivity index (χ2v) is 9.06. The van der Waals surface area contributed by atoms with E-state index >= 15 is 0 Å². The number of rotatable bonds is 7. The molecule has 4 rings (SSSR count). The number of methoxy groups -OCH3 is 1. The average molecular weight is 541 g/mol. The first-order chi connectivity index (χ1) is 18.5. The van der Waals surface area contributed by atoms with Gasteiger partial charge in [-0.05, 0) is 42.0 Å². The Bertz CT molecular complexity index is 1490. The zero-order valence-electron chi connectivity index (χ0n) is 21.7. The van der Waals surface area contributed by atoms with Gasteiger partial charge in [0.15, 0.2) is 6.23 Å². The Labute approximate surface area is 222 Å². The lowest BCUT2D eigenvalue weighted by Crippen LogP contribution is -2.48. The summed E-state index contributed by atoms with van der Waals surface area (Å²) in [7, 11) is 6.28. The number of halogens is 3. The molecule has 0 saturated carbocycles. The Hall–Kier alpha value is -4.45. The van der Waals surface area contributed by atoms with Crippen LogP contribution in [0.25, 0.3) is 11.8 Å². The van der Waals surface area contributed by atoms with Crippen LogP contribution in [-0.2, 0) is 0 Å². The van der Waals surface area contributed by atoms with Crippen molar-refractivity contribution >= 4 is 35.7 Å². The van der Waals surface area contributed by atoms with E-state index in [2.05, 4.69) is 15.0 Å². The number of hydrogen-bond acceptors (Lipinski definition) is 7. The van der Waals surface area contributed by atoms with Crippen molar-refractivity contribution in [3.8, 4) is 5.75 Å². The summed E-state index contributed by atoms with van der Waals surface area (Å²) in [6, 6.07) is 13.4. The molecule has 3 aromatic rings. The monoisotopic (exact) mass is 540 g/mol. The highest BCUT2D eigenvalue weighted by molar-refractivity contribution is 5.99. The number of carbonyl (C=O) groups is 1. The number of aliphatic hydroxyl groups excluding tert-OH is 1. The highest BCUT2D eigenvalue weighted by atomic mass is 19.4. The summed E-state index contributed by atoms with van der Waals surface area (Å²) in [5.74, 6) is 0.0380. The number of amides is 1. The zero-order chi connectivity index (χ0) is 28.3. The van der Waals surface area contributed by atoms with E-state index in [9.17, 15) is 23.1 Å². The number of nitrogens with zero attached hydrogens (tertiary/aromatic N) is 6. The number of aliphatic imine (C=N–C) groups is 1. The molecule has 1 aliphatic rings. The highest BCUT2D eigenvalue weighted by Crippen LogP contribution is 2.28. The molecule has 0 saturated heterocycles. The Morgan fingerprint density at radius 2 is 1.79 bits per heavy atom. The number of benzene rings is 2. The van der Waals surface area contributed by atoms with Gasteiger partial charge in [0.2, 0.25) is 5.95 Å². The van der Waals surface area contributed by atoms with Crippen molar-refractivity contribution in [1.29, 1.82) is 0 Å². The normalized spacial score (nSPS) is 15.1. The van der Waals surface area contributed by atoms with Gasteiger partial charge in [0.05, 0.1) is 18.8 Å². The van der Waals surface area contributed by atoms with Crippen LogP contribution in [0.2, 0.25) is 0 Å². The third-order valence-corrected chi connectivity index (χ3v) is 5.84. The van der Waals surface area contributed by atoms with Crippen LogP contribution in [0, 0.1) is 0 Å². The van der Waals surface area contributed by atoms with Gasteiger partial charge in [0, 0.05) is 55.6 Å². The maximum atomic E-state index is 13.0. The summed E-state index contributed by atoms with van der Waals surface area (Å²) in [6.07, 6.45) is -1.26. The largest absolute Gasteiger partial charge is 0.497 e. The molecule has 1 unspecified atom stereocenters. The van der Waals surface area contributed by atoms with Crippen LogP contribution in [0.3, 0.4) is 0 Å². The lowest BCUT2D eigenvalue weighted by Gasteiger charge is -2.31. The molecule has 39 heavy (non-hydrogen) atoms. The van der Waals surface area contributed by atoms with Crippen molar-refractivity contribution in [2.45, 2.75) is 12.4 Å². The van der Waals surface area contributed by atoms with Crippen LogP contribution < -0.4 is 25.1 Å². The first-order valence-electron chi connectivity index (χ1n) is 11.8. The van der Waals surface area contributed by atoms with Gasteiger partial charge in [-0.1, -0.05) is 12.1 Å². The van der Waals surface area contributed by atoms with Gasteiger partial charge in [-0.3, -0.25) is 4.79 Å². The van der Waals surface area contributed by atoms with Gasteiger partial charge in [-0.2, -0.15) is 18.2 Å². The first kappa shape index (κ1) is 27.6. The molecule has 0 spiro atoms. The van der Waals surface area contributed by atoms with Crippen molar-refractivity contribution in [3.05, 3.63) is 76.4 Å². The second-order valence-electron chi connectivity index (χ2n) is 9.06. The fraction of sp³-hybridized carbons (Fsp3) is 0.259.